The number of carboxylic acid groups (broad SMARTS) is 1. The molecule has 7 heteroatoms. The Morgan fingerprint density at radius 1 is 1.29 bits per heavy atom. The zero-order chi connectivity index (χ0) is 17.7. The van der Waals surface area contributed by atoms with E-state index in [9.17, 15) is 24.4 Å². The second kappa shape index (κ2) is 7.36. The topological polar surface area (TPSA) is 89.7 Å². The van der Waals surface area contributed by atoms with Gasteiger partial charge >= 0.3 is 11.7 Å². The number of hydrogen-bond acceptors (Lipinski definition) is 4. The fourth-order valence-electron chi connectivity index (χ4n) is 2.11. The molecule has 0 fully saturated rings. The number of aliphatic carboxylic acids is 1. The smallest absolute Gasteiger partial charge is 0.336 e. The lowest BCUT2D eigenvalue weighted by Gasteiger charge is -2.06. The molecule has 1 N–H and O–H groups in total. The zero-order valence-electron chi connectivity index (χ0n) is 12.7. The van der Waals surface area contributed by atoms with Crippen molar-refractivity contribution in [2.75, 3.05) is 6.61 Å². The van der Waals surface area contributed by atoms with Crippen molar-refractivity contribution in [1.29, 1.82) is 0 Å². The highest BCUT2D eigenvalue weighted by atomic mass is 19.1. The van der Waals surface area contributed by atoms with Crippen molar-refractivity contribution < 1.29 is 24.0 Å². The van der Waals surface area contributed by atoms with Crippen molar-refractivity contribution in [2.24, 2.45) is 0 Å². The normalized spacial score (nSPS) is 11.2. The number of benzene rings is 2. The van der Waals surface area contributed by atoms with Gasteiger partial charge in [0.05, 0.1) is 17.1 Å². The number of carbonyl (C=O) groups is 1. The fraction of sp³-hybridized carbons (Fsp3) is 0.118. The van der Waals surface area contributed by atoms with E-state index in [0.717, 1.165) is 12.1 Å². The number of nitrogens with zero attached hydrogens (tertiary/aromatic N) is 1. The summed E-state index contributed by atoms with van der Waals surface area (Å²) in [6.45, 7) is 1.97. The van der Waals surface area contributed by atoms with Crippen molar-refractivity contribution in [2.45, 2.75) is 6.92 Å². The summed E-state index contributed by atoms with van der Waals surface area (Å²) in [5.41, 5.74) is 0.259. The van der Waals surface area contributed by atoms with Gasteiger partial charge in [0.15, 0.2) is 5.75 Å². The average molecular weight is 331 g/mol. The fourth-order valence-corrected chi connectivity index (χ4v) is 2.11. The van der Waals surface area contributed by atoms with E-state index in [1.165, 1.54) is 36.4 Å². The summed E-state index contributed by atoms with van der Waals surface area (Å²) in [6.07, 6.45) is 1.29. The third-order valence-electron chi connectivity index (χ3n) is 3.18. The van der Waals surface area contributed by atoms with Crippen LogP contribution in [-0.2, 0) is 4.79 Å². The number of nitro benzene ring substituents is 1. The second-order valence-electron chi connectivity index (χ2n) is 4.79. The SMILES string of the molecule is CCOc1ccc(/C=C(\C(=O)O)c2ccc(F)cc2)cc1[N+](=O)[O-]. The number of hydrogen-bond donors (Lipinski definition) is 1. The molecular weight excluding hydrogens is 317 g/mol. The van der Waals surface area contributed by atoms with Gasteiger partial charge < -0.3 is 9.84 Å². The van der Waals surface area contributed by atoms with Crippen LogP contribution in [0.25, 0.3) is 11.6 Å². The predicted molar refractivity (Wildman–Crippen MR) is 86.2 cm³/mol. The highest BCUT2D eigenvalue weighted by molar-refractivity contribution is 6.20. The minimum absolute atomic E-state index is 0.103. The van der Waals surface area contributed by atoms with E-state index in [0.29, 0.717) is 11.1 Å². The Balaban J connectivity index is 2.49. The van der Waals surface area contributed by atoms with Crippen LogP contribution in [0.3, 0.4) is 0 Å². The molecule has 2 aromatic rings. The Bertz CT molecular complexity index is 799. The summed E-state index contributed by atoms with van der Waals surface area (Å²) in [4.78, 5) is 22.0. The highest BCUT2D eigenvalue weighted by Gasteiger charge is 2.17. The van der Waals surface area contributed by atoms with Crippen LogP contribution in [0.1, 0.15) is 18.1 Å². The van der Waals surface area contributed by atoms with Gasteiger partial charge in [-0.25, -0.2) is 9.18 Å². The molecule has 2 aromatic carbocycles. The molecule has 0 atom stereocenters. The molecule has 0 aliphatic heterocycles. The maximum Gasteiger partial charge on any atom is 0.336 e. The largest absolute Gasteiger partial charge is 0.487 e. The second-order valence-corrected chi connectivity index (χ2v) is 4.79. The number of ether oxygens (including phenoxy) is 1. The Morgan fingerprint density at radius 2 is 1.96 bits per heavy atom. The zero-order valence-corrected chi connectivity index (χ0v) is 12.7. The predicted octanol–water partition coefficient (Wildman–Crippen LogP) is 3.76. The van der Waals surface area contributed by atoms with Crippen LogP contribution in [0.2, 0.25) is 0 Å². The van der Waals surface area contributed by atoms with Crippen molar-refractivity contribution in [3.05, 3.63) is 69.5 Å². The first-order valence-electron chi connectivity index (χ1n) is 7.04. The number of nitro groups is 1. The van der Waals surface area contributed by atoms with Gasteiger partial charge in [-0.15, -0.1) is 0 Å². The van der Waals surface area contributed by atoms with Crippen LogP contribution in [0.5, 0.6) is 5.75 Å². The molecule has 0 spiro atoms. The van der Waals surface area contributed by atoms with Crippen molar-refractivity contribution in [1.82, 2.24) is 0 Å². The summed E-state index contributed by atoms with van der Waals surface area (Å²) < 4.78 is 18.2. The number of halogens is 1. The number of rotatable bonds is 6. The maximum absolute atomic E-state index is 13.0. The summed E-state index contributed by atoms with van der Waals surface area (Å²) in [7, 11) is 0. The Labute approximate surface area is 137 Å². The van der Waals surface area contributed by atoms with E-state index in [1.807, 2.05) is 0 Å². The molecule has 6 nitrogen and oxygen atoms in total. The first kappa shape index (κ1) is 17.1. The third-order valence-corrected chi connectivity index (χ3v) is 3.18. The molecule has 0 heterocycles. The van der Waals surface area contributed by atoms with Gasteiger partial charge in [-0.3, -0.25) is 10.1 Å². The first-order valence-corrected chi connectivity index (χ1v) is 7.04. The van der Waals surface area contributed by atoms with E-state index in [4.69, 9.17) is 4.74 Å². The van der Waals surface area contributed by atoms with Gasteiger partial charge in [-0.05, 0) is 42.3 Å². The molecule has 0 radical (unpaired) electrons. The molecule has 0 aliphatic rings. The van der Waals surface area contributed by atoms with Crippen molar-refractivity contribution in [3.63, 3.8) is 0 Å². The molecule has 0 unspecified atom stereocenters. The van der Waals surface area contributed by atoms with Gasteiger partial charge in [-0.2, -0.15) is 0 Å². The molecule has 0 saturated heterocycles. The molecule has 2 rings (SSSR count). The minimum Gasteiger partial charge on any atom is -0.487 e. The quantitative estimate of drug-likeness (QED) is 0.377. The summed E-state index contributed by atoms with van der Waals surface area (Å²) in [5.74, 6) is -1.60. The van der Waals surface area contributed by atoms with Crippen LogP contribution >= 0.6 is 0 Å². The Morgan fingerprint density at radius 3 is 2.50 bits per heavy atom. The van der Waals surface area contributed by atoms with Gasteiger partial charge in [-0.1, -0.05) is 18.2 Å². The summed E-state index contributed by atoms with van der Waals surface area (Å²) in [6, 6.07) is 9.12. The Kier molecular flexibility index (Phi) is 5.26. The Hall–Kier alpha value is -3.22. The molecular formula is C17H14FNO5. The van der Waals surface area contributed by atoms with Crippen LogP contribution < -0.4 is 4.74 Å². The van der Waals surface area contributed by atoms with Gasteiger partial charge in [0.2, 0.25) is 0 Å². The van der Waals surface area contributed by atoms with E-state index < -0.39 is 16.7 Å². The minimum atomic E-state index is -1.22. The lowest BCUT2D eigenvalue weighted by Crippen LogP contribution is -2.01. The van der Waals surface area contributed by atoms with Gasteiger partial charge in [0.1, 0.15) is 5.82 Å². The summed E-state index contributed by atoms with van der Waals surface area (Å²) in [5, 5.41) is 20.5. The van der Waals surface area contributed by atoms with E-state index in [2.05, 4.69) is 0 Å². The first-order chi connectivity index (χ1) is 11.4. The molecule has 0 amide bonds. The maximum atomic E-state index is 13.0. The molecule has 24 heavy (non-hydrogen) atoms. The van der Waals surface area contributed by atoms with Crippen LogP contribution in [0, 0.1) is 15.9 Å². The molecule has 0 bridgehead atoms. The standard InChI is InChI=1S/C17H14FNO5/c1-2-24-16-8-3-11(10-15(16)19(22)23)9-14(17(20)21)12-4-6-13(18)7-5-12/h3-10H,2H2,1H3,(H,20,21)/b14-9-. The van der Waals surface area contributed by atoms with Crippen LogP contribution in [0.4, 0.5) is 10.1 Å². The number of carboxylic acids is 1. The lowest BCUT2D eigenvalue weighted by molar-refractivity contribution is -0.385. The van der Waals surface area contributed by atoms with E-state index in [-0.39, 0.29) is 23.6 Å². The van der Waals surface area contributed by atoms with E-state index >= 15 is 0 Å². The monoisotopic (exact) mass is 331 g/mol. The third kappa shape index (κ3) is 3.95. The summed E-state index contributed by atoms with van der Waals surface area (Å²) >= 11 is 0. The van der Waals surface area contributed by atoms with Crippen LogP contribution in [0.15, 0.2) is 42.5 Å². The van der Waals surface area contributed by atoms with Crippen molar-refractivity contribution >= 4 is 23.3 Å². The molecule has 124 valence electrons. The molecule has 0 saturated carbocycles. The lowest BCUT2D eigenvalue weighted by atomic mass is 10.0. The van der Waals surface area contributed by atoms with Crippen molar-refractivity contribution in [3.8, 4) is 5.75 Å². The molecule has 0 aromatic heterocycles. The van der Waals surface area contributed by atoms with Gasteiger partial charge in [0, 0.05) is 6.07 Å². The highest BCUT2D eigenvalue weighted by Crippen LogP contribution is 2.30. The van der Waals surface area contributed by atoms with Gasteiger partial charge in [0.25, 0.3) is 0 Å². The van der Waals surface area contributed by atoms with Crippen LogP contribution in [-0.4, -0.2) is 22.6 Å². The molecule has 0 aliphatic carbocycles. The average Bonchev–Trinajstić information content (AvgIpc) is 2.54. The van der Waals surface area contributed by atoms with E-state index in [1.54, 1.807) is 6.92 Å².